The minimum atomic E-state index is -0.144. The molecular formula is C31H48N2O3. The van der Waals surface area contributed by atoms with Gasteiger partial charge in [0.2, 0.25) is 0 Å². The van der Waals surface area contributed by atoms with Gasteiger partial charge in [0.25, 0.3) is 5.91 Å². The number of nitrogens with one attached hydrogen (secondary N) is 1. The fourth-order valence-electron chi connectivity index (χ4n) is 3.65. The summed E-state index contributed by atoms with van der Waals surface area (Å²) in [7, 11) is 1.67. The van der Waals surface area contributed by atoms with Crippen LogP contribution in [0, 0.1) is 0 Å². The highest BCUT2D eigenvalue weighted by Gasteiger charge is 2.15. The summed E-state index contributed by atoms with van der Waals surface area (Å²) in [6, 6.07) is 5.56. The Morgan fingerprint density at radius 2 is 1.47 bits per heavy atom. The smallest absolute Gasteiger partial charge is 0.251 e. The van der Waals surface area contributed by atoms with Gasteiger partial charge in [0.1, 0.15) is 5.75 Å². The van der Waals surface area contributed by atoms with E-state index in [2.05, 4.69) is 76.1 Å². The van der Waals surface area contributed by atoms with E-state index in [9.17, 15) is 4.79 Å². The number of anilines is 1. The van der Waals surface area contributed by atoms with Gasteiger partial charge in [-0.3, -0.25) is 4.79 Å². The molecule has 36 heavy (non-hydrogen) atoms. The van der Waals surface area contributed by atoms with Gasteiger partial charge < -0.3 is 20.1 Å². The minimum Gasteiger partial charge on any atom is -0.495 e. The fourth-order valence-corrected chi connectivity index (χ4v) is 3.65. The van der Waals surface area contributed by atoms with Gasteiger partial charge >= 0.3 is 0 Å². The molecule has 0 bridgehead atoms. The number of benzene rings is 1. The Bertz CT molecular complexity index is 893. The molecule has 5 nitrogen and oxygen atoms in total. The number of allylic oxidation sites excluding steroid dienone is 6. The van der Waals surface area contributed by atoms with E-state index < -0.39 is 0 Å². The van der Waals surface area contributed by atoms with Gasteiger partial charge in [0, 0.05) is 31.8 Å². The predicted molar refractivity (Wildman–Crippen MR) is 154 cm³/mol. The summed E-state index contributed by atoms with van der Waals surface area (Å²) in [5, 5.41) is 11.9. The zero-order valence-corrected chi connectivity index (χ0v) is 23.6. The largest absolute Gasteiger partial charge is 0.495 e. The summed E-state index contributed by atoms with van der Waals surface area (Å²) in [6.45, 7) is 14.8. The van der Waals surface area contributed by atoms with Gasteiger partial charge in [-0.15, -0.1) is 0 Å². The second-order valence-electron chi connectivity index (χ2n) is 9.87. The van der Waals surface area contributed by atoms with E-state index in [1.165, 1.54) is 22.3 Å². The number of nitrogens with zero attached hydrogens (tertiary/aromatic N) is 1. The van der Waals surface area contributed by atoms with E-state index in [0.29, 0.717) is 18.5 Å². The maximum absolute atomic E-state index is 12.7. The Morgan fingerprint density at radius 1 is 0.917 bits per heavy atom. The van der Waals surface area contributed by atoms with Crippen molar-refractivity contribution < 1.29 is 14.6 Å². The average molecular weight is 497 g/mol. The number of carbonyl (C=O) groups is 1. The van der Waals surface area contributed by atoms with Crippen molar-refractivity contribution in [1.82, 2.24) is 5.32 Å². The van der Waals surface area contributed by atoms with Crippen molar-refractivity contribution >= 4 is 11.6 Å². The van der Waals surface area contributed by atoms with Crippen LogP contribution in [0.4, 0.5) is 5.69 Å². The van der Waals surface area contributed by atoms with Crippen molar-refractivity contribution in [3.8, 4) is 5.75 Å². The first kappa shape index (κ1) is 31.2. The van der Waals surface area contributed by atoms with Crippen molar-refractivity contribution in [3.05, 3.63) is 70.4 Å². The molecule has 0 unspecified atom stereocenters. The summed E-state index contributed by atoms with van der Waals surface area (Å²) in [4.78, 5) is 14.9. The molecule has 1 rings (SSSR count). The van der Waals surface area contributed by atoms with E-state index in [1.807, 2.05) is 12.1 Å². The summed E-state index contributed by atoms with van der Waals surface area (Å²) >= 11 is 0. The molecule has 0 heterocycles. The van der Waals surface area contributed by atoms with Gasteiger partial charge in [-0.2, -0.15) is 0 Å². The first-order valence-corrected chi connectivity index (χ1v) is 13.1. The van der Waals surface area contributed by atoms with Crippen molar-refractivity contribution in [2.24, 2.45) is 0 Å². The van der Waals surface area contributed by atoms with Crippen LogP contribution in [-0.2, 0) is 0 Å². The Balaban J connectivity index is 3.19. The maximum Gasteiger partial charge on any atom is 0.251 e. The van der Waals surface area contributed by atoms with Crippen LogP contribution in [0.25, 0.3) is 0 Å². The highest BCUT2D eigenvalue weighted by atomic mass is 16.5. The molecule has 2 N–H and O–H groups in total. The third-order valence-electron chi connectivity index (χ3n) is 5.90. The summed E-state index contributed by atoms with van der Waals surface area (Å²) in [5.74, 6) is 0.599. The molecule has 200 valence electrons. The summed E-state index contributed by atoms with van der Waals surface area (Å²) in [6.07, 6.45) is 13.8. The van der Waals surface area contributed by atoms with Crippen molar-refractivity contribution in [3.63, 3.8) is 0 Å². The molecular weight excluding hydrogens is 448 g/mol. The lowest BCUT2D eigenvalue weighted by molar-refractivity contribution is 0.0951. The molecule has 0 atom stereocenters. The molecule has 0 spiro atoms. The molecule has 0 aliphatic rings. The van der Waals surface area contributed by atoms with Gasteiger partial charge in [0.05, 0.1) is 12.8 Å². The van der Waals surface area contributed by atoms with E-state index >= 15 is 0 Å². The van der Waals surface area contributed by atoms with E-state index in [0.717, 1.165) is 50.2 Å². The van der Waals surface area contributed by atoms with Gasteiger partial charge in [-0.25, -0.2) is 0 Å². The Morgan fingerprint density at radius 3 is 1.94 bits per heavy atom. The molecule has 1 aromatic carbocycles. The van der Waals surface area contributed by atoms with Crippen LogP contribution in [0.2, 0.25) is 0 Å². The molecule has 0 aliphatic carbocycles. The quantitative estimate of drug-likeness (QED) is 0.191. The van der Waals surface area contributed by atoms with E-state index in [-0.39, 0.29) is 12.5 Å². The second-order valence-corrected chi connectivity index (χ2v) is 9.87. The number of rotatable bonds is 16. The number of aliphatic hydroxyl groups excluding tert-OH is 1. The van der Waals surface area contributed by atoms with Gasteiger partial charge in [-0.05, 0) is 91.8 Å². The third kappa shape index (κ3) is 12.8. The Kier molecular flexibility index (Phi) is 15.3. The van der Waals surface area contributed by atoms with Crippen molar-refractivity contribution in [1.29, 1.82) is 0 Å². The standard InChI is InChI=1S/C31H48N2O3/c1-24(2)11-8-13-26(5)17-20-33(21-18-27(6)14-9-12-25(3)4)29-23-28(15-16-30(29)36-7)31(35)32-19-10-22-34/h11-12,15-18,23,34H,8-10,13-14,19-22H2,1-7H3,(H,32,35). The van der Waals surface area contributed by atoms with Gasteiger partial charge in [-0.1, -0.05) is 46.6 Å². The molecule has 5 heteroatoms. The normalized spacial score (nSPS) is 11.7. The van der Waals surface area contributed by atoms with Crippen LogP contribution < -0.4 is 15.0 Å². The topological polar surface area (TPSA) is 61.8 Å². The zero-order chi connectivity index (χ0) is 26.9. The lowest BCUT2D eigenvalue weighted by atomic mass is 10.1. The maximum atomic E-state index is 12.7. The molecule has 0 radical (unpaired) electrons. The van der Waals surface area contributed by atoms with Crippen molar-refractivity contribution in [2.75, 3.05) is 38.3 Å². The van der Waals surface area contributed by atoms with Crippen LogP contribution in [-0.4, -0.2) is 44.4 Å². The number of hydrogen-bond donors (Lipinski definition) is 2. The lowest BCUT2D eigenvalue weighted by Gasteiger charge is -2.25. The van der Waals surface area contributed by atoms with Crippen LogP contribution in [0.3, 0.4) is 0 Å². The molecule has 0 fully saturated rings. The average Bonchev–Trinajstić information content (AvgIpc) is 2.83. The number of amides is 1. The Labute approximate surface area is 219 Å². The molecule has 1 aromatic rings. The van der Waals surface area contributed by atoms with Crippen LogP contribution in [0.5, 0.6) is 5.75 Å². The van der Waals surface area contributed by atoms with E-state index in [1.54, 1.807) is 13.2 Å². The van der Waals surface area contributed by atoms with Gasteiger partial charge in [0.15, 0.2) is 0 Å². The fraction of sp³-hybridized carbons (Fsp3) is 0.516. The monoisotopic (exact) mass is 496 g/mol. The summed E-state index contributed by atoms with van der Waals surface area (Å²) in [5.41, 5.74) is 6.86. The lowest BCUT2D eigenvalue weighted by Crippen LogP contribution is -2.27. The minimum absolute atomic E-state index is 0.0561. The number of hydrogen-bond acceptors (Lipinski definition) is 4. The van der Waals surface area contributed by atoms with Crippen LogP contribution in [0.1, 0.15) is 84.0 Å². The highest BCUT2D eigenvalue weighted by Crippen LogP contribution is 2.30. The first-order valence-electron chi connectivity index (χ1n) is 13.1. The third-order valence-corrected chi connectivity index (χ3v) is 5.90. The number of carbonyl (C=O) groups excluding carboxylic acids is 1. The Hall–Kier alpha value is -2.79. The number of ether oxygens (including phenoxy) is 1. The SMILES string of the molecule is COc1ccc(C(=O)NCCCO)cc1N(CC=C(C)CCC=C(C)C)CC=C(C)CCC=C(C)C. The molecule has 0 aromatic heterocycles. The summed E-state index contributed by atoms with van der Waals surface area (Å²) < 4.78 is 5.69. The number of methoxy groups -OCH3 is 1. The zero-order valence-electron chi connectivity index (χ0n) is 23.6. The molecule has 0 aliphatic heterocycles. The molecule has 0 saturated heterocycles. The van der Waals surface area contributed by atoms with Crippen molar-refractivity contribution in [2.45, 2.75) is 73.6 Å². The predicted octanol–water partition coefficient (Wildman–Crippen LogP) is 7.00. The van der Waals surface area contributed by atoms with E-state index in [4.69, 9.17) is 9.84 Å². The first-order chi connectivity index (χ1) is 17.2. The second kappa shape index (κ2) is 17.6. The van der Waals surface area contributed by atoms with Crippen LogP contribution >= 0.6 is 0 Å². The highest BCUT2D eigenvalue weighted by molar-refractivity contribution is 5.95. The molecule has 0 saturated carbocycles. The number of aliphatic hydroxyl groups is 1. The van der Waals surface area contributed by atoms with Crippen LogP contribution in [0.15, 0.2) is 64.8 Å². The molecule has 1 amide bonds.